The highest BCUT2D eigenvalue weighted by Gasteiger charge is 2.45. The van der Waals surface area contributed by atoms with Gasteiger partial charge in [0.05, 0.1) is 6.10 Å². The van der Waals surface area contributed by atoms with Gasteiger partial charge in [-0.2, -0.15) is 0 Å². The molecule has 0 amide bonds. The van der Waals surface area contributed by atoms with E-state index in [0.29, 0.717) is 11.8 Å². The number of alkyl halides is 1. The van der Waals surface area contributed by atoms with Crippen LogP contribution in [-0.4, -0.2) is 15.8 Å². The molecule has 1 aromatic rings. The molecule has 1 aromatic carbocycles. The standard InChI is InChI=1S/C24H37IO2/c1-6-7-22(24(4,5)25)18-10-12-20(13-11-18)27-23(26-16(2)3)21-15-17-8-9-19(21)14-17/h10-13,16-17,19,21-23H,6-9,14-15H2,1-5H3. The molecular formula is C24H37IO2. The zero-order valence-corrected chi connectivity index (χ0v) is 19.9. The van der Waals surface area contributed by atoms with E-state index >= 15 is 0 Å². The zero-order valence-electron chi connectivity index (χ0n) is 17.7. The van der Waals surface area contributed by atoms with Crippen LogP contribution in [0, 0.1) is 17.8 Å². The van der Waals surface area contributed by atoms with Crippen molar-refractivity contribution in [3.8, 4) is 5.75 Å². The van der Waals surface area contributed by atoms with Crippen LogP contribution in [0.15, 0.2) is 24.3 Å². The molecule has 0 N–H and O–H groups in total. The molecule has 2 fully saturated rings. The van der Waals surface area contributed by atoms with Gasteiger partial charge >= 0.3 is 0 Å². The first-order valence-corrected chi connectivity index (χ1v) is 12.0. The highest BCUT2D eigenvalue weighted by Crippen LogP contribution is 2.50. The summed E-state index contributed by atoms with van der Waals surface area (Å²) in [6.07, 6.45) is 7.97. The van der Waals surface area contributed by atoms with Gasteiger partial charge in [-0.25, -0.2) is 0 Å². The molecule has 2 aliphatic carbocycles. The van der Waals surface area contributed by atoms with E-state index in [1.54, 1.807) is 0 Å². The first-order valence-electron chi connectivity index (χ1n) is 10.9. The van der Waals surface area contributed by atoms with Crippen LogP contribution in [0.4, 0.5) is 0 Å². The van der Waals surface area contributed by atoms with Crippen molar-refractivity contribution >= 4 is 22.6 Å². The number of hydrogen-bond acceptors (Lipinski definition) is 2. The molecule has 0 saturated heterocycles. The first kappa shape index (κ1) is 21.4. The van der Waals surface area contributed by atoms with Gasteiger partial charge in [-0.05, 0) is 75.0 Å². The molecule has 2 saturated carbocycles. The maximum Gasteiger partial charge on any atom is 0.203 e. The third-order valence-electron chi connectivity index (χ3n) is 6.49. The number of rotatable bonds is 9. The monoisotopic (exact) mass is 484 g/mol. The van der Waals surface area contributed by atoms with Gasteiger partial charge in [-0.1, -0.05) is 68.3 Å². The summed E-state index contributed by atoms with van der Waals surface area (Å²) in [5.74, 6) is 3.79. The Morgan fingerprint density at radius 2 is 1.81 bits per heavy atom. The Labute approximate surface area is 179 Å². The van der Waals surface area contributed by atoms with E-state index in [2.05, 4.69) is 81.5 Å². The number of hydrogen-bond donors (Lipinski definition) is 0. The molecule has 5 atom stereocenters. The van der Waals surface area contributed by atoms with Gasteiger partial charge in [0.15, 0.2) is 0 Å². The molecule has 0 aromatic heterocycles. The summed E-state index contributed by atoms with van der Waals surface area (Å²) in [6.45, 7) is 11.2. The van der Waals surface area contributed by atoms with Crippen LogP contribution in [0.3, 0.4) is 0 Å². The predicted octanol–water partition coefficient (Wildman–Crippen LogP) is 7.35. The molecule has 0 radical (unpaired) electrons. The Morgan fingerprint density at radius 1 is 1.11 bits per heavy atom. The van der Waals surface area contributed by atoms with Crippen LogP contribution in [0.25, 0.3) is 0 Å². The lowest BCUT2D eigenvalue weighted by molar-refractivity contribution is -0.149. The molecule has 3 rings (SSSR count). The lowest BCUT2D eigenvalue weighted by Crippen LogP contribution is -2.35. The van der Waals surface area contributed by atoms with E-state index < -0.39 is 0 Å². The normalized spacial score (nSPS) is 27.1. The molecular weight excluding hydrogens is 447 g/mol. The van der Waals surface area contributed by atoms with E-state index in [1.807, 2.05) is 0 Å². The number of ether oxygens (including phenoxy) is 2. The van der Waals surface area contributed by atoms with Gasteiger partial charge < -0.3 is 9.47 Å². The van der Waals surface area contributed by atoms with Crippen LogP contribution < -0.4 is 4.74 Å². The largest absolute Gasteiger partial charge is 0.465 e. The van der Waals surface area contributed by atoms with E-state index in [4.69, 9.17) is 9.47 Å². The minimum absolute atomic E-state index is 0.0985. The summed E-state index contributed by atoms with van der Waals surface area (Å²) in [5, 5.41) is 0. The van der Waals surface area contributed by atoms with Gasteiger partial charge in [0, 0.05) is 9.34 Å². The number of halogens is 1. The van der Waals surface area contributed by atoms with Gasteiger partial charge in [-0.3, -0.25) is 0 Å². The minimum atomic E-state index is -0.0985. The van der Waals surface area contributed by atoms with Crippen LogP contribution in [0.5, 0.6) is 5.75 Å². The number of fused-ring (bicyclic) bond motifs is 2. The maximum atomic E-state index is 6.42. The average molecular weight is 484 g/mol. The van der Waals surface area contributed by atoms with E-state index in [9.17, 15) is 0 Å². The molecule has 0 heterocycles. The third kappa shape index (κ3) is 5.41. The van der Waals surface area contributed by atoms with Gasteiger partial charge in [-0.15, -0.1) is 0 Å². The Morgan fingerprint density at radius 3 is 2.30 bits per heavy atom. The summed E-state index contributed by atoms with van der Waals surface area (Å²) in [5.41, 5.74) is 1.42. The van der Waals surface area contributed by atoms with Crippen molar-refractivity contribution in [2.75, 3.05) is 0 Å². The van der Waals surface area contributed by atoms with Crippen molar-refractivity contribution in [3.63, 3.8) is 0 Å². The maximum absolute atomic E-state index is 6.42. The Balaban J connectivity index is 1.71. The average Bonchev–Trinajstić information content (AvgIpc) is 3.22. The molecule has 3 heteroatoms. The molecule has 152 valence electrons. The zero-order chi connectivity index (χ0) is 19.6. The fourth-order valence-electron chi connectivity index (χ4n) is 5.22. The van der Waals surface area contributed by atoms with Crippen molar-refractivity contribution in [2.24, 2.45) is 17.8 Å². The predicted molar refractivity (Wildman–Crippen MR) is 122 cm³/mol. The van der Waals surface area contributed by atoms with Crippen LogP contribution in [0.2, 0.25) is 0 Å². The van der Waals surface area contributed by atoms with Gasteiger partial charge in [0.25, 0.3) is 0 Å². The Bertz CT molecular complexity index is 589. The quantitative estimate of drug-likeness (QED) is 0.207. The third-order valence-corrected chi connectivity index (χ3v) is 7.24. The second-order valence-electron chi connectivity index (χ2n) is 9.48. The fraction of sp³-hybridized carbons (Fsp3) is 0.750. The van der Waals surface area contributed by atoms with Crippen molar-refractivity contribution < 1.29 is 9.47 Å². The molecule has 2 aliphatic rings. The molecule has 0 spiro atoms. The summed E-state index contributed by atoms with van der Waals surface area (Å²) in [6, 6.07) is 8.85. The van der Waals surface area contributed by atoms with Crippen LogP contribution in [0.1, 0.15) is 84.6 Å². The summed E-state index contributed by atoms with van der Waals surface area (Å²) in [7, 11) is 0. The van der Waals surface area contributed by atoms with Crippen LogP contribution in [-0.2, 0) is 4.74 Å². The lowest BCUT2D eigenvalue weighted by atomic mass is 9.85. The van der Waals surface area contributed by atoms with Crippen LogP contribution >= 0.6 is 22.6 Å². The summed E-state index contributed by atoms with van der Waals surface area (Å²) >= 11 is 2.59. The van der Waals surface area contributed by atoms with Gasteiger partial charge in [0.1, 0.15) is 5.75 Å². The van der Waals surface area contributed by atoms with Crippen molar-refractivity contribution in [3.05, 3.63) is 29.8 Å². The molecule has 27 heavy (non-hydrogen) atoms. The van der Waals surface area contributed by atoms with Crippen molar-refractivity contribution in [1.82, 2.24) is 0 Å². The second-order valence-corrected chi connectivity index (χ2v) is 12.3. The number of benzene rings is 1. The molecule has 2 bridgehead atoms. The van der Waals surface area contributed by atoms with Gasteiger partial charge in [0.2, 0.25) is 6.29 Å². The molecule has 0 aliphatic heterocycles. The topological polar surface area (TPSA) is 18.5 Å². The minimum Gasteiger partial charge on any atom is -0.465 e. The fourth-order valence-corrected chi connectivity index (χ4v) is 5.89. The van der Waals surface area contributed by atoms with E-state index in [-0.39, 0.29) is 15.8 Å². The molecule has 2 nitrogen and oxygen atoms in total. The molecule has 5 unspecified atom stereocenters. The van der Waals surface area contributed by atoms with E-state index in [1.165, 1.54) is 44.1 Å². The first-order chi connectivity index (χ1) is 12.8. The van der Waals surface area contributed by atoms with E-state index in [0.717, 1.165) is 17.6 Å². The SMILES string of the molecule is CCCC(c1ccc(OC(OC(C)C)C2CC3CCC2C3)cc1)C(C)(C)I. The smallest absolute Gasteiger partial charge is 0.203 e. The van der Waals surface area contributed by atoms with Crippen molar-refractivity contribution in [1.29, 1.82) is 0 Å². The lowest BCUT2D eigenvalue weighted by Gasteiger charge is -2.32. The Kier molecular flexibility index (Phi) is 7.16. The summed E-state index contributed by atoms with van der Waals surface area (Å²) in [4.78, 5) is 0. The van der Waals surface area contributed by atoms with Crippen molar-refractivity contribution in [2.45, 2.75) is 94.9 Å². The Hall–Kier alpha value is -0.290. The summed E-state index contributed by atoms with van der Waals surface area (Å²) < 4.78 is 12.9. The second kappa shape index (κ2) is 9.02. The highest BCUT2D eigenvalue weighted by atomic mass is 127. The highest BCUT2D eigenvalue weighted by molar-refractivity contribution is 14.1.